The molecular formula is C18H18F3N5O. The number of imidazole rings is 1. The molecule has 1 aliphatic rings. The van der Waals surface area contributed by atoms with E-state index in [1.165, 1.54) is 16.7 Å². The van der Waals surface area contributed by atoms with Crippen LogP contribution in [-0.2, 0) is 10.9 Å². The maximum absolute atomic E-state index is 13.1. The maximum atomic E-state index is 13.1. The molecule has 0 N–H and O–H groups in total. The van der Waals surface area contributed by atoms with Gasteiger partial charge in [0.05, 0.1) is 25.0 Å². The number of halogens is 3. The summed E-state index contributed by atoms with van der Waals surface area (Å²) in [6.45, 7) is 4.90. The minimum absolute atomic E-state index is 0.331. The molecule has 0 bridgehead atoms. The van der Waals surface area contributed by atoms with Crippen LogP contribution in [0.4, 0.5) is 19.0 Å². The summed E-state index contributed by atoms with van der Waals surface area (Å²) in [5, 5.41) is 0. The van der Waals surface area contributed by atoms with Crippen molar-refractivity contribution in [1.82, 2.24) is 19.4 Å². The topological polar surface area (TPSA) is 55.5 Å². The van der Waals surface area contributed by atoms with E-state index in [4.69, 9.17) is 4.74 Å². The van der Waals surface area contributed by atoms with Crippen molar-refractivity contribution < 1.29 is 17.9 Å². The summed E-state index contributed by atoms with van der Waals surface area (Å²) in [6, 6.07) is 4.15. The van der Waals surface area contributed by atoms with Gasteiger partial charge in [0.2, 0.25) is 0 Å². The summed E-state index contributed by atoms with van der Waals surface area (Å²) in [6.07, 6.45) is -0.306. The van der Waals surface area contributed by atoms with Crippen LogP contribution in [0, 0.1) is 5.92 Å². The summed E-state index contributed by atoms with van der Waals surface area (Å²) >= 11 is 0. The quantitative estimate of drug-likeness (QED) is 0.686. The van der Waals surface area contributed by atoms with E-state index in [1.54, 1.807) is 12.3 Å². The van der Waals surface area contributed by atoms with Gasteiger partial charge in [0.1, 0.15) is 17.2 Å². The van der Waals surface area contributed by atoms with Gasteiger partial charge in [-0.25, -0.2) is 15.0 Å². The van der Waals surface area contributed by atoms with Crippen LogP contribution in [0.15, 0.2) is 36.8 Å². The molecule has 27 heavy (non-hydrogen) atoms. The molecule has 0 aromatic carbocycles. The largest absolute Gasteiger partial charge is 0.417 e. The number of hydrogen-bond donors (Lipinski definition) is 0. The molecule has 0 radical (unpaired) electrons. The van der Waals surface area contributed by atoms with Gasteiger partial charge in [0, 0.05) is 25.5 Å². The highest BCUT2D eigenvalue weighted by Gasteiger charge is 2.31. The number of anilines is 1. The lowest BCUT2D eigenvalue weighted by atomic mass is 10.2. The Morgan fingerprint density at radius 1 is 1.19 bits per heavy atom. The Balaban J connectivity index is 1.73. The molecule has 9 heteroatoms. The van der Waals surface area contributed by atoms with Crippen molar-refractivity contribution in [1.29, 1.82) is 0 Å². The second-order valence-corrected chi connectivity index (χ2v) is 6.65. The van der Waals surface area contributed by atoms with E-state index in [9.17, 15) is 13.2 Å². The predicted octanol–water partition coefficient (Wildman–Crippen LogP) is 3.28. The summed E-state index contributed by atoms with van der Waals surface area (Å²) in [5.74, 6) is 1.41. The van der Waals surface area contributed by atoms with Crippen molar-refractivity contribution in [3.8, 4) is 11.5 Å². The molecule has 4 heterocycles. The van der Waals surface area contributed by atoms with Gasteiger partial charge in [-0.15, -0.1) is 0 Å². The van der Waals surface area contributed by atoms with E-state index in [0.29, 0.717) is 42.8 Å². The number of alkyl halides is 3. The molecule has 1 unspecified atom stereocenters. The van der Waals surface area contributed by atoms with Gasteiger partial charge in [-0.3, -0.25) is 4.40 Å². The fraction of sp³-hybridized carbons (Fsp3) is 0.389. The lowest BCUT2D eigenvalue weighted by Gasteiger charge is -2.23. The number of rotatable bonds is 2. The van der Waals surface area contributed by atoms with E-state index in [2.05, 4.69) is 26.8 Å². The van der Waals surface area contributed by atoms with Crippen molar-refractivity contribution in [2.45, 2.75) is 13.1 Å². The zero-order valence-corrected chi connectivity index (χ0v) is 14.6. The van der Waals surface area contributed by atoms with E-state index >= 15 is 0 Å². The van der Waals surface area contributed by atoms with Gasteiger partial charge in [0.25, 0.3) is 0 Å². The Hall–Kier alpha value is -2.68. The van der Waals surface area contributed by atoms with Gasteiger partial charge in [-0.2, -0.15) is 13.2 Å². The fourth-order valence-corrected chi connectivity index (χ4v) is 3.15. The summed E-state index contributed by atoms with van der Waals surface area (Å²) < 4.78 is 46.1. The summed E-state index contributed by atoms with van der Waals surface area (Å²) in [5.41, 5.74) is 0.0739. The van der Waals surface area contributed by atoms with E-state index in [1.807, 2.05) is 0 Å². The first-order chi connectivity index (χ1) is 12.9. The molecule has 1 saturated heterocycles. The van der Waals surface area contributed by atoms with Crippen LogP contribution >= 0.6 is 0 Å². The third-order valence-corrected chi connectivity index (χ3v) is 4.47. The van der Waals surface area contributed by atoms with E-state index in [-0.39, 0.29) is 0 Å². The minimum Gasteiger partial charge on any atom is -0.379 e. The van der Waals surface area contributed by atoms with Gasteiger partial charge in [0.15, 0.2) is 5.82 Å². The zero-order chi connectivity index (χ0) is 19.0. The number of aromatic nitrogens is 4. The second kappa shape index (κ2) is 6.80. The molecule has 1 fully saturated rings. The van der Waals surface area contributed by atoms with Gasteiger partial charge >= 0.3 is 6.18 Å². The Labute approximate surface area is 153 Å². The number of pyridine rings is 1. The zero-order valence-electron chi connectivity index (χ0n) is 14.6. The molecule has 4 rings (SSSR count). The van der Waals surface area contributed by atoms with Crippen LogP contribution in [0.2, 0.25) is 0 Å². The van der Waals surface area contributed by atoms with Crippen LogP contribution in [0.3, 0.4) is 0 Å². The Morgan fingerprint density at radius 3 is 2.85 bits per heavy atom. The third kappa shape index (κ3) is 3.59. The molecule has 3 aromatic rings. The van der Waals surface area contributed by atoms with Gasteiger partial charge in [-0.05, 0) is 24.1 Å². The Kier molecular flexibility index (Phi) is 4.47. The Bertz CT molecular complexity index is 956. The minimum atomic E-state index is -4.43. The standard InChI is InChI=1S/C18H18F3N5O/c1-12-9-25(6-7-27-11-12)16-4-5-22-17(24-16)14-8-23-15-3-2-13(10-26(14)15)18(19,20)21/h2-5,8,10,12H,6-7,9,11H2,1H3. The maximum Gasteiger partial charge on any atom is 0.417 e. The summed E-state index contributed by atoms with van der Waals surface area (Å²) in [7, 11) is 0. The first kappa shape index (κ1) is 17.7. The number of ether oxygens (including phenoxy) is 1. The van der Waals surface area contributed by atoms with Crippen LogP contribution in [0.1, 0.15) is 12.5 Å². The molecule has 0 saturated carbocycles. The highest BCUT2D eigenvalue weighted by atomic mass is 19.4. The lowest BCUT2D eigenvalue weighted by Crippen LogP contribution is -2.29. The van der Waals surface area contributed by atoms with Crippen LogP contribution in [-0.4, -0.2) is 45.7 Å². The highest BCUT2D eigenvalue weighted by Crippen LogP contribution is 2.30. The van der Waals surface area contributed by atoms with E-state index in [0.717, 1.165) is 24.6 Å². The molecular weight excluding hydrogens is 359 g/mol. The van der Waals surface area contributed by atoms with Crippen molar-refractivity contribution in [3.05, 3.63) is 42.4 Å². The first-order valence-electron chi connectivity index (χ1n) is 8.62. The SMILES string of the molecule is CC1COCCN(c2ccnc(-c3cnc4ccc(C(F)(F)F)cn34)n2)C1. The third-order valence-electron chi connectivity index (χ3n) is 4.47. The average molecular weight is 377 g/mol. The van der Waals surface area contributed by atoms with Crippen molar-refractivity contribution in [3.63, 3.8) is 0 Å². The number of hydrogen-bond acceptors (Lipinski definition) is 5. The number of nitrogens with zero attached hydrogens (tertiary/aromatic N) is 5. The van der Waals surface area contributed by atoms with Crippen LogP contribution in [0.5, 0.6) is 0 Å². The lowest BCUT2D eigenvalue weighted by molar-refractivity contribution is -0.137. The molecule has 1 aliphatic heterocycles. The van der Waals surface area contributed by atoms with E-state index < -0.39 is 11.7 Å². The molecule has 0 spiro atoms. The Morgan fingerprint density at radius 2 is 2.04 bits per heavy atom. The second-order valence-electron chi connectivity index (χ2n) is 6.65. The molecule has 6 nitrogen and oxygen atoms in total. The predicted molar refractivity (Wildman–Crippen MR) is 93.4 cm³/mol. The van der Waals surface area contributed by atoms with Gasteiger partial charge < -0.3 is 9.64 Å². The highest BCUT2D eigenvalue weighted by molar-refractivity contribution is 5.59. The molecule has 3 aromatic heterocycles. The fourth-order valence-electron chi connectivity index (χ4n) is 3.15. The average Bonchev–Trinajstić information content (AvgIpc) is 2.94. The molecule has 0 aliphatic carbocycles. The summed E-state index contributed by atoms with van der Waals surface area (Å²) in [4.78, 5) is 15.1. The van der Waals surface area contributed by atoms with Gasteiger partial charge in [-0.1, -0.05) is 6.92 Å². The van der Waals surface area contributed by atoms with Crippen molar-refractivity contribution in [2.75, 3.05) is 31.2 Å². The number of fused-ring (bicyclic) bond motifs is 1. The van der Waals surface area contributed by atoms with Crippen molar-refractivity contribution in [2.24, 2.45) is 5.92 Å². The van der Waals surface area contributed by atoms with Crippen LogP contribution in [0.25, 0.3) is 17.2 Å². The molecule has 1 atom stereocenters. The first-order valence-corrected chi connectivity index (χ1v) is 8.62. The smallest absolute Gasteiger partial charge is 0.379 e. The van der Waals surface area contributed by atoms with Crippen LogP contribution < -0.4 is 4.90 Å². The normalized spacial score (nSPS) is 18.7. The monoisotopic (exact) mass is 377 g/mol. The van der Waals surface area contributed by atoms with Crippen molar-refractivity contribution >= 4 is 11.5 Å². The molecule has 142 valence electrons. The molecule has 0 amide bonds.